The van der Waals surface area contributed by atoms with E-state index >= 15 is 0 Å². The largest absolute Gasteiger partial charge is 0.325 e. The maximum absolute atomic E-state index is 12.1. The molecule has 2 aliphatic rings. The van der Waals surface area contributed by atoms with Crippen LogP contribution in [0, 0.1) is 0 Å². The van der Waals surface area contributed by atoms with Gasteiger partial charge in [0.2, 0.25) is 5.91 Å². The number of benzene rings is 1. The van der Waals surface area contributed by atoms with Crippen molar-refractivity contribution in [2.24, 2.45) is 0 Å². The molecule has 2 aliphatic heterocycles. The van der Waals surface area contributed by atoms with Crippen molar-refractivity contribution in [1.29, 1.82) is 0 Å². The highest BCUT2D eigenvalue weighted by Crippen LogP contribution is 2.44. The number of nitrogens with zero attached hydrogens (tertiary/aromatic N) is 1. The van der Waals surface area contributed by atoms with Crippen molar-refractivity contribution in [3.8, 4) is 0 Å². The Balaban J connectivity index is 2.15. The topological polar surface area (TPSA) is 32.3 Å². The van der Waals surface area contributed by atoms with Crippen LogP contribution in [0.1, 0.15) is 12.0 Å². The molecule has 0 radical (unpaired) electrons. The molecule has 0 bridgehead atoms. The standard InChI is InChI=1S/C12H13ClN2O/c1-15-5-4-12(7-15)9-6-8(13)2-3-10(9)14-11(12)16/h2-3,6H,4-5,7H2,1H3,(H,14,16)/t12-/m0/s1. The molecule has 0 aliphatic carbocycles. The molecule has 1 N–H and O–H groups in total. The molecule has 2 heterocycles. The molecule has 3 rings (SSSR count). The molecule has 0 saturated carbocycles. The Kier molecular flexibility index (Phi) is 2.03. The number of fused-ring (bicyclic) bond motifs is 2. The lowest BCUT2D eigenvalue weighted by Crippen LogP contribution is -2.36. The van der Waals surface area contributed by atoms with Crippen LogP contribution in [-0.4, -0.2) is 30.9 Å². The highest BCUT2D eigenvalue weighted by molar-refractivity contribution is 6.31. The summed E-state index contributed by atoms with van der Waals surface area (Å²) in [7, 11) is 2.05. The Hall–Kier alpha value is -1.06. The van der Waals surface area contributed by atoms with Gasteiger partial charge in [0.05, 0.1) is 5.41 Å². The minimum atomic E-state index is -0.366. The van der Waals surface area contributed by atoms with Gasteiger partial charge in [-0.25, -0.2) is 0 Å². The van der Waals surface area contributed by atoms with Gasteiger partial charge in [-0.15, -0.1) is 0 Å². The third kappa shape index (κ3) is 1.22. The number of likely N-dealkylation sites (tertiary alicyclic amines) is 1. The minimum Gasteiger partial charge on any atom is -0.325 e. The molecule has 84 valence electrons. The second-order valence-corrected chi connectivity index (χ2v) is 5.15. The van der Waals surface area contributed by atoms with Gasteiger partial charge in [-0.2, -0.15) is 0 Å². The molecule has 1 aromatic carbocycles. The molecular formula is C12H13ClN2O. The number of rotatable bonds is 0. The molecule has 1 aromatic rings. The second kappa shape index (κ2) is 3.22. The van der Waals surface area contributed by atoms with Gasteiger partial charge < -0.3 is 10.2 Å². The number of carbonyl (C=O) groups is 1. The predicted molar refractivity (Wildman–Crippen MR) is 63.9 cm³/mol. The van der Waals surface area contributed by atoms with Crippen LogP contribution in [0.5, 0.6) is 0 Å². The highest BCUT2D eigenvalue weighted by Gasteiger charge is 2.50. The van der Waals surface area contributed by atoms with Crippen molar-refractivity contribution >= 4 is 23.2 Å². The third-order valence-corrected chi connectivity index (χ3v) is 3.88. The number of hydrogen-bond donors (Lipinski definition) is 1. The van der Waals surface area contributed by atoms with Gasteiger partial charge >= 0.3 is 0 Å². The fraction of sp³-hybridized carbons (Fsp3) is 0.417. The van der Waals surface area contributed by atoms with E-state index in [9.17, 15) is 4.79 Å². The Labute approximate surface area is 99.4 Å². The first-order chi connectivity index (χ1) is 7.62. The van der Waals surface area contributed by atoms with Gasteiger partial charge in [0.25, 0.3) is 0 Å². The zero-order valence-corrected chi connectivity index (χ0v) is 9.84. The number of nitrogens with one attached hydrogen (secondary N) is 1. The van der Waals surface area contributed by atoms with Gasteiger partial charge in [0, 0.05) is 17.3 Å². The van der Waals surface area contributed by atoms with Crippen molar-refractivity contribution in [2.45, 2.75) is 11.8 Å². The van der Waals surface area contributed by atoms with Crippen LogP contribution in [0.3, 0.4) is 0 Å². The molecule has 1 amide bonds. The number of likely N-dealkylation sites (N-methyl/N-ethyl adjacent to an activating group) is 1. The summed E-state index contributed by atoms with van der Waals surface area (Å²) in [5.41, 5.74) is 1.62. The van der Waals surface area contributed by atoms with Gasteiger partial charge in [-0.3, -0.25) is 4.79 Å². The van der Waals surface area contributed by atoms with E-state index in [1.807, 2.05) is 25.2 Å². The number of hydrogen-bond acceptors (Lipinski definition) is 2. The van der Waals surface area contributed by atoms with E-state index in [2.05, 4.69) is 10.2 Å². The molecule has 1 fully saturated rings. The van der Waals surface area contributed by atoms with Crippen molar-refractivity contribution < 1.29 is 4.79 Å². The molecule has 1 atom stereocenters. The van der Waals surface area contributed by atoms with Crippen molar-refractivity contribution in [2.75, 3.05) is 25.5 Å². The zero-order valence-electron chi connectivity index (χ0n) is 9.09. The van der Waals surface area contributed by atoms with E-state index in [1.165, 1.54) is 0 Å². The van der Waals surface area contributed by atoms with Crippen LogP contribution in [0.4, 0.5) is 5.69 Å². The first-order valence-electron chi connectivity index (χ1n) is 5.42. The number of halogens is 1. The lowest BCUT2D eigenvalue weighted by Gasteiger charge is -2.21. The Bertz CT molecular complexity index is 474. The zero-order chi connectivity index (χ0) is 11.3. The fourth-order valence-corrected chi connectivity index (χ4v) is 2.96. The average Bonchev–Trinajstić information content (AvgIpc) is 2.74. The van der Waals surface area contributed by atoms with Crippen LogP contribution in [0.15, 0.2) is 18.2 Å². The van der Waals surface area contributed by atoms with Gasteiger partial charge in [-0.05, 0) is 43.8 Å². The van der Waals surface area contributed by atoms with Crippen LogP contribution in [-0.2, 0) is 10.2 Å². The van der Waals surface area contributed by atoms with Crippen LogP contribution in [0.25, 0.3) is 0 Å². The summed E-state index contributed by atoms with van der Waals surface area (Å²) in [6, 6.07) is 5.63. The van der Waals surface area contributed by atoms with Crippen molar-refractivity contribution in [3.63, 3.8) is 0 Å². The van der Waals surface area contributed by atoms with E-state index in [4.69, 9.17) is 11.6 Å². The number of carbonyl (C=O) groups excluding carboxylic acids is 1. The van der Waals surface area contributed by atoms with E-state index < -0.39 is 0 Å². The Morgan fingerprint density at radius 3 is 3.00 bits per heavy atom. The summed E-state index contributed by atoms with van der Waals surface area (Å²) in [4.78, 5) is 14.3. The lowest BCUT2D eigenvalue weighted by molar-refractivity contribution is -0.120. The first kappa shape index (κ1) is 10.1. The summed E-state index contributed by atoms with van der Waals surface area (Å²) in [6.07, 6.45) is 0.878. The molecule has 0 unspecified atom stereocenters. The normalized spacial score (nSPS) is 28.5. The summed E-state index contributed by atoms with van der Waals surface area (Å²) in [5, 5.41) is 3.65. The quantitative estimate of drug-likeness (QED) is 0.746. The molecular weight excluding hydrogens is 224 g/mol. The van der Waals surface area contributed by atoms with Gasteiger partial charge in [-0.1, -0.05) is 11.6 Å². The Morgan fingerprint density at radius 2 is 2.31 bits per heavy atom. The smallest absolute Gasteiger partial charge is 0.236 e. The molecule has 3 nitrogen and oxygen atoms in total. The molecule has 0 aromatic heterocycles. The van der Waals surface area contributed by atoms with Crippen molar-refractivity contribution in [3.05, 3.63) is 28.8 Å². The van der Waals surface area contributed by atoms with E-state index in [1.54, 1.807) is 0 Å². The summed E-state index contributed by atoms with van der Waals surface area (Å²) in [6.45, 7) is 1.74. The SMILES string of the molecule is CN1CC[C@@]2(C1)C(=O)Nc1ccc(Cl)cc12. The maximum Gasteiger partial charge on any atom is 0.236 e. The molecule has 1 spiro atoms. The molecule has 1 saturated heterocycles. The molecule has 4 heteroatoms. The number of anilines is 1. The molecule has 16 heavy (non-hydrogen) atoms. The van der Waals surface area contributed by atoms with Gasteiger partial charge in [0.1, 0.15) is 0 Å². The maximum atomic E-state index is 12.1. The van der Waals surface area contributed by atoms with E-state index in [0.29, 0.717) is 5.02 Å². The predicted octanol–water partition coefficient (Wildman–Crippen LogP) is 1.87. The summed E-state index contributed by atoms with van der Waals surface area (Å²) >= 11 is 6.02. The minimum absolute atomic E-state index is 0.120. The Morgan fingerprint density at radius 1 is 1.50 bits per heavy atom. The van der Waals surface area contributed by atoms with Crippen LogP contribution in [0.2, 0.25) is 5.02 Å². The third-order valence-electron chi connectivity index (χ3n) is 3.64. The van der Waals surface area contributed by atoms with E-state index in [-0.39, 0.29) is 11.3 Å². The lowest BCUT2D eigenvalue weighted by atomic mass is 9.81. The fourth-order valence-electron chi connectivity index (χ4n) is 2.79. The average molecular weight is 237 g/mol. The monoisotopic (exact) mass is 236 g/mol. The van der Waals surface area contributed by atoms with Crippen molar-refractivity contribution in [1.82, 2.24) is 4.90 Å². The van der Waals surface area contributed by atoms with Gasteiger partial charge in [0.15, 0.2) is 0 Å². The second-order valence-electron chi connectivity index (χ2n) is 4.71. The van der Waals surface area contributed by atoms with E-state index in [0.717, 1.165) is 30.8 Å². The summed E-state index contributed by atoms with van der Waals surface area (Å²) < 4.78 is 0. The first-order valence-corrected chi connectivity index (χ1v) is 5.80. The highest BCUT2D eigenvalue weighted by atomic mass is 35.5. The van der Waals surface area contributed by atoms with Crippen LogP contribution >= 0.6 is 11.6 Å². The van der Waals surface area contributed by atoms with Crippen LogP contribution < -0.4 is 5.32 Å². The summed E-state index contributed by atoms with van der Waals surface area (Å²) in [5.74, 6) is 0.120. The number of amides is 1.